The van der Waals surface area contributed by atoms with Crippen molar-refractivity contribution in [2.24, 2.45) is 5.73 Å². The number of hydrogen-bond donors (Lipinski definition) is 2. The van der Waals surface area contributed by atoms with Gasteiger partial charge in [0.05, 0.1) is 6.20 Å². The zero-order chi connectivity index (χ0) is 17.0. The first kappa shape index (κ1) is 16.6. The van der Waals surface area contributed by atoms with E-state index in [1.54, 1.807) is 7.11 Å². The van der Waals surface area contributed by atoms with Gasteiger partial charge in [-0.1, -0.05) is 31.2 Å². The van der Waals surface area contributed by atoms with Gasteiger partial charge in [-0.05, 0) is 35.6 Å². The fourth-order valence-electron chi connectivity index (χ4n) is 3.14. The molecule has 1 unspecified atom stereocenters. The van der Waals surface area contributed by atoms with Gasteiger partial charge in [-0.15, -0.1) is 0 Å². The van der Waals surface area contributed by atoms with Gasteiger partial charge in [0.2, 0.25) is 0 Å². The summed E-state index contributed by atoms with van der Waals surface area (Å²) in [5, 5.41) is 8.06. The number of nitrogens with one attached hydrogen (secondary N) is 1. The van der Waals surface area contributed by atoms with Crippen LogP contribution in [0.4, 0.5) is 0 Å². The molecule has 5 heteroatoms. The smallest absolute Gasteiger partial charge is 0.155 e. The fraction of sp³-hybridized carbons (Fsp3) is 0.368. The zero-order valence-corrected chi connectivity index (χ0v) is 14.2. The van der Waals surface area contributed by atoms with Gasteiger partial charge in [0.1, 0.15) is 0 Å². The van der Waals surface area contributed by atoms with Crippen LogP contribution in [0.15, 0.2) is 42.7 Å². The van der Waals surface area contributed by atoms with Crippen LogP contribution in [-0.4, -0.2) is 35.4 Å². The molecule has 3 N–H and O–H groups in total. The topological polar surface area (TPSA) is 76.8 Å². The summed E-state index contributed by atoms with van der Waals surface area (Å²) in [5.74, 6) is 0. The molecule has 3 rings (SSSR count). The lowest BCUT2D eigenvalue weighted by Crippen LogP contribution is -2.32. The Morgan fingerprint density at radius 1 is 1.29 bits per heavy atom. The van der Waals surface area contributed by atoms with Crippen molar-refractivity contribution in [1.29, 1.82) is 0 Å². The lowest BCUT2D eigenvalue weighted by Gasteiger charge is -2.29. The normalized spacial score (nSPS) is 14.0. The highest BCUT2D eigenvalue weighted by atomic mass is 16.5. The summed E-state index contributed by atoms with van der Waals surface area (Å²) in [6.45, 7) is 3.59. The van der Waals surface area contributed by atoms with Gasteiger partial charge in [-0.2, -0.15) is 5.10 Å². The lowest BCUT2D eigenvalue weighted by molar-refractivity contribution is 0.184. The highest BCUT2D eigenvalue weighted by Crippen LogP contribution is 2.33. The highest BCUT2D eigenvalue weighted by Gasteiger charge is 2.25. The molecule has 2 aromatic heterocycles. The molecule has 2 heterocycles. The Hall–Kier alpha value is -2.24. The molecule has 3 aromatic rings. The van der Waals surface area contributed by atoms with Crippen molar-refractivity contribution < 1.29 is 4.74 Å². The number of benzene rings is 1. The minimum Gasteiger partial charge on any atom is -0.385 e. The van der Waals surface area contributed by atoms with Gasteiger partial charge in [0.15, 0.2) is 5.65 Å². The maximum absolute atomic E-state index is 6.12. The molecular weight excluding hydrogens is 300 g/mol. The number of hydrogen-bond acceptors (Lipinski definition) is 4. The van der Waals surface area contributed by atoms with Gasteiger partial charge in [0.25, 0.3) is 0 Å². The molecule has 0 amide bonds. The van der Waals surface area contributed by atoms with Gasteiger partial charge >= 0.3 is 0 Å². The number of rotatable bonds is 7. The molecule has 24 heavy (non-hydrogen) atoms. The number of ether oxygens (including phenoxy) is 1. The highest BCUT2D eigenvalue weighted by molar-refractivity contribution is 5.92. The Kier molecular flexibility index (Phi) is 4.92. The second-order valence-corrected chi connectivity index (χ2v) is 6.43. The maximum Gasteiger partial charge on any atom is 0.155 e. The van der Waals surface area contributed by atoms with Crippen LogP contribution in [0.25, 0.3) is 22.2 Å². The summed E-state index contributed by atoms with van der Waals surface area (Å²) in [6.07, 6.45) is 5.63. The second kappa shape index (κ2) is 7.11. The average Bonchev–Trinajstić information content (AvgIpc) is 3.10. The van der Waals surface area contributed by atoms with Gasteiger partial charge in [-0.25, -0.2) is 4.98 Å². The maximum atomic E-state index is 6.12. The Balaban J connectivity index is 1.98. The van der Waals surface area contributed by atoms with Crippen LogP contribution in [0.5, 0.6) is 0 Å². The van der Waals surface area contributed by atoms with E-state index >= 15 is 0 Å². The van der Waals surface area contributed by atoms with Crippen LogP contribution < -0.4 is 5.73 Å². The summed E-state index contributed by atoms with van der Waals surface area (Å²) in [5.41, 5.74) is 10.4. The van der Waals surface area contributed by atoms with E-state index < -0.39 is 0 Å². The number of H-pyrrole nitrogens is 1. The first-order valence-electron chi connectivity index (χ1n) is 8.26. The van der Waals surface area contributed by atoms with Crippen molar-refractivity contribution in [2.45, 2.75) is 25.2 Å². The summed E-state index contributed by atoms with van der Waals surface area (Å²) in [6, 6.07) is 10.7. The molecule has 0 aliphatic carbocycles. The molecule has 0 spiro atoms. The van der Waals surface area contributed by atoms with Gasteiger partial charge < -0.3 is 10.5 Å². The molecule has 0 aliphatic heterocycles. The van der Waals surface area contributed by atoms with Crippen LogP contribution >= 0.6 is 0 Å². The van der Waals surface area contributed by atoms with E-state index in [-0.39, 0.29) is 5.41 Å². The monoisotopic (exact) mass is 324 g/mol. The summed E-state index contributed by atoms with van der Waals surface area (Å²) >= 11 is 0. The zero-order valence-electron chi connectivity index (χ0n) is 14.2. The van der Waals surface area contributed by atoms with Crippen molar-refractivity contribution in [3.8, 4) is 11.1 Å². The van der Waals surface area contributed by atoms with E-state index in [2.05, 4.69) is 46.4 Å². The molecule has 0 bridgehead atoms. The Labute approximate surface area is 142 Å². The van der Waals surface area contributed by atoms with Crippen molar-refractivity contribution in [3.05, 3.63) is 48.3 Å². The molecule has 0 aliphatic rings. The predicted molar refractivity (Wildman–Crippen MR) is 96.8 cm³/mol. The third-order valence-corrected chi connectivity index (χ3v) is 4.75. The lowest BCUT2D eigenvalue weighted by atomic mass is 9.78. The van der Waals surface area contributed by atoms with Crippen molar-refractivity contribution in [2.75, 3.05) is 20.3 Å². The minimum atomic E-state index is -0.0585. The van der Waals surface area contributed by atoms with Crippen molar-refractivity contribution >= 4 is 11.0 Å². The quantitative estimate of drug-likeness (QED) is 0.654. The summed E-state index contributed by atoms with van der Waals surface area (Å²) in [7, 11) is 1.74. The SMILES string of the molecule is COCCCC(C)(CN)c1cccc(-c2ccnc3[nH]ncc23)c1. The number of aromatic amines is 1. The van der Waals surface area contributed by atoms with Crippen LogP contribution in [-0.2, 0) is 10.2 Å². The number of pyridine rings is 1. The second-order valence-electron chi connectivity index (χ2n) is 6.43. The number of methoxy groups -OCH3 is 1. The predicted octanol–water partition coefficient (Wildman–Crippen LogP) is 3.27. The Morgan fingerprint density at radius 3 is 2.96 bits per heavy atom. The van der Waals surface area contributed by atoms with Gasteiger partial charge in [-0.3, -0.25) is 5.10 Å². The molecule has 1 atom stereocenters. The first-order chi connectivity index (χ1) is 11.7. The number of nitrogens with zero attached hydrogens (tertiary/aromatic N) is 2. The van der Waals surface area contributed by atoms with E-state index in [9.17, 15) is 0 Å². The number of nitrogens with two attached hydrogens (primary N) is 1. The third kappa shape index (κ3) is 3.18. The van der Waals surface area contributed by atoms with E-state index in [0.717, 1.165) is 41.6 Å². The molecule has 126 valence electrons. The molecule has 5 nitrogen and oxygen atoms in total. The Bertz CT molecular complexity index is 814. The molecule has 0 fully saturated rings. The molecule has 0 saturated carbocycles. The first-order valence-corrected chi connectivity index (χ1v) is 8.26. The fourth-order valence-corrected chi connectivity index (χ4v) is 3.14. The Morgan fingerprint density at radius 2 is 2.17 bits per heavy atom. The van der Waals surface area contributed by atoms with Crippen LogP contribution in [0, 0.1) is 0 Å². The van der Waals surface area contributed by atoms with E-state index in [0.29, 0.717) is 6.54 Å². The van der Waals surface area contributed by atoms with Crippen LogP contribution in [0.3, 0.4) is 0 Å². The van der Waals surface area contributed by atoms with E-state index in [1.165, 1.54) is 5.56 Å². The van der Waals surface area contributed by atoms with Crippen molar-refractivity contribution in [3.63, 3.8) is 0 Å². The average molecular weight is 324 g/mol. The third-order valence-electron chi connectivity index (χ3n) is 4.75. The van der Waals surface area contributed by atoms with E-state index in [1.807, 2.05) is 18.5 Å². The molecule has 0 saturated heterocycles. The number of fused-ring (bicyclic) bond motifs is 1. The van der Waals surface area contributed by atoms with Gasteiger partial charge in [0, 0.05) is 37.3 Å². The number of aromatic nitrogens is 3. The molecule has 0 radical (unpaired) electrons. The minimum absolute atomic E-state index is 0.0585. The van der Waals surface area contributed by atoms with Crippen molar-refractivity contribution in [1.82, 2.24) is 15.2 Å². The summed E-state index contributed by atoms with van der Waals surface area (Å²) in [4.78, 5) is 4.31. The molecule has 1 aromatic carbocycles. The molecular formula is C19H24N4O. The summed E-state index contributed by atoms with van der Waals surface area (Å²) < 4.78 is 5.19. The van der Waals surface area contributed by atoms with Crippen LogP contribution in [0.1, 0.15) is 25.3 Å². The van der Waals surface area contributed by atoms with Crippen LogP contribution in [0.2, 0.25) is 0 Å². The van der Waals surface area contributed by atoms with E-state index in [4.69, 9.17) is 10.5 Å². The largest absolute Gasteiger partial charge is 0.385 e. The standard InChI is InChI=1S/C19H24N4O/c1-19(13-20,8-4-10-24-2)15-6-3-5-14(11-15)16-7-9-21-18-17(16)12-22-23-18/h3,5-7,9,11-12H,4,8,10,13,20H2,1-2H3,(H,21,22,23).